The van der Waals surface area contributed by atoms with Gasteiger partial charge in [0.1, 0.15) is 11.6 Å². The number of rotatable bonds is 11. The molecule has 0 atom stereocenters. The summed E-state index contributed by atoms with van der Waals surface area (Å²) in [5.74, 6) is 0.0636. The molecule has 0 saturated carbocycles. The molecule has 0 aromatic heterocycles. The summed E-state index contributed by atoms with van der Waals surface area (Å²) in [4.78, 5) is 24.8. The normalized spacial score (nSPS) is 10.8. The minimum Gasteiger partial charge on any atom is -0.491 e. The molecule has 0 spiro atoms. The zero-order valence-electron chi connectivity index (χ0n) is 19.5. The number of aryl methyl sites for hydroxylation is 1. The Morgan fingerprint density at radius 3 is 2.44 bits per heavy atom. The van der Waals surface area contributed by atoms with E-state index < -0.39 is 5.97 Å². The Bertz CT molecular complexity index is 953. The standard InChI is InChI=1S/C26H34N2O4/c1-5-25(29)28(6-2)24(27)12-8-10-19-9-7-11-20(15-19)21-13-14-23(32-18(3)4)22(16-21)17-26(30)31/h7,9,11,13-16,18,27H,5-6,8,10,12,17H2,1-4H3,(H,30,31). The Labute approximate surface area is 190 Å². The highest BCUT2D eigenvalue weighted by Crippen LogP contribution is 2.29. The van der Waals surface area contributed by atoms with Crippen LogP contribution in [0.25, 0.3) is 11.1 Å². The minimum atomic E-state index is -0.894. The fourth-order valence-corrected chi connectivity index (χ4v) is 3.64. The van der Waals surface area contributed by atoms with Crippen LogP contribution >= 0.6 is 0 Å². The molecule has 0 bridgehead atoms. The van der Waals surface area contributed by atoms with Gasteiger partial charge in [-0.15, -0.1) is 0 Å². The summed E-state index contributed by atoms with van der Waals surface area (Å²) in [6, 6.07) is 13.8. The molecule has 6 heteroatoms. The Morgan fingerprint density at radius 1 is 1.09 bits per heavy atom. The molecule has 172 valence electrons. The van der Waals surface area contributed by atoms with Crippen molar-refractivity contribution in [3.8, 4) is 16.9 Å². The molecule has 2 N–H and O–H groups in total. The monoisotopic (exact) mass is 438 g/mol. The first kappa shape index (κ1) is 25.1. The molecule has 1 amide bonds. The van der Waals surface area contributed by atoms with E-state index in [9.17, 15) is 14.7 Å². The predicted octanol–water partition coefficient (Wildman–Crippen LogP) is 5.33. The van der Waals surface area contributed by atoms with Crippen LogP contribution in [0.5, 0.6) is 5.75 Å². The first-order valence-corrected chi connectivity index (χ1v) is 11.2. The van der Waals surface area contributed by atoms with Crippen LogP contribution in [0.3, 0.4) is 0 Å². The van der Waals surface area contributed by atoms with Gasteiger partial charge < -0.3 is 14.7 Å². The number of aliphatic carboxylic acids is 1. The molecule has 2 aromatic carbocycles. The molecule has 32 heavy (non-hydrogen) atoms. The average Bonchev–Trinajstić information content (AvgIpc) is 2.75. The molecule has 0 heterocycles. The van der Waals surface area contributed by atoms with Crippen molar-refractivity contribution in [1.82, 2.24) is 4.90 Å². The van der Waals surface area contributed by atoms with E-state index in [2.05, 4.69) is 12.1 Å². The predicted molar refractivity (Wildman–Crippen MR) is 127 cm³/mol. The number of carboxylic acids is 1. The van der Waals surface area contributed by atoms with E-state index >= 15 is 0 Å². The Kier molecular flexibility index (Phi) is 9.44. The first-order chi connectivity index (χ1) is 15.2. The topological polar surface area (TPSA) is 90.7 Å². The van der Waals surface area contributed by atoms with Crippen molar-refractivity contribution in [2.75, 3.05) is 6.54 Å². The summed E-state index contributed by atoms with van der Waals surface area (Å²) < 4.78 is 5.78. The number of carbonyl (C=O) groups excluding carboxylic acids is 1. The smallest absolute Gasteiger partial charge is 0.307 e. The maximum atomic E-state index is 11.9. The van der Waals surface area contributed by atoms with E-state index in [1.54, 1.807) is 4.90 Å². The number of benzene rings is 2. The Morgan fingerprint density at radius 2 is 1.81 bits per heavy atom. The molecule has 0 aliphatic carbocycles. The molecule has 0 saturated heterocycles. The molecule has 0 fully saturated rings. The van der Waals surface area contributed by atoms with Crippen molar-refractivity contribution in [3.05, 3.63) is 53.6 Å². The summed E-state index contributed by atoms with van der Waals surface area (Å²) in [6.45, 7) is 8.06. The fraction of sp³-hybridized carbons (Fsp3) is 0.423. The van der Waals surface area contributed by atoms with Crippen molar-refractivity contribution < 1.29 is 19.4 Å². The van der Waals surface area contributed by atoms with E-state index in [1.807, 2.05) is 58.0 Å². The summed E-state index contributed by atoms with van der Waals surface area (Å²) >= 11 is 0. The molecule has 0 unspecified atom stereocenters. The summed E-state index contributed by atoms with van der Waals surface area (Å²) in [7, 11) is 0. The molecule has 0 aliphatic rings. The lowest BCUT2D eigenvalue weighted by atomic mass is 9.97. The highest BCUT2D eigenvalue weighted by molar-refractivity contribution is 5.96. The molecule has 0 radical (unpaired) electrons. The van der Waals surface area contributed by atoms with Crippen molar-refractivity contribution in [3.63, 3.8) is 0 Å². The van der Waals surface area contributed by atoms with E-state index in [0.717, 1.165) is 29.5 Å². The van der Waals surface area contributed by atoms with Gasteiger partial charge in [-0.2, -0.15) is 0 Å². The van der Waals surface area contributed by atoms with Crippen molar-refractivity contribution >= 4 is 17.7 Å². The second-order valence-electron chi connectivity index (χ2n) is 8.05. The lowest BCUT2D eigenvalue weighted by molar-refractivity contribution is -0.136. The lowest BCUT2D eigenvalue weighted by Crippen LogP contribution is -2.35. The minimum absolute atomic E-state index is 0.0124. The number of ether oxygens (including phenoxy) is 1. The van der Waals surface area contributed by atoms with Crippen molar-refractivity contribution in [2.45, 2.75) is 65.9 Å². The highest BCUT2D eigenvalue weighted by atomic mass is 16.5. The Hall–Kier alpha value is -3.15. The Balaban J connectivity index is 2.12. The van der Waals surface area contributed by atoms with Crippen LogP contribution in [0.1, 0.15) is 58.1 Å². The van der Waals surface area contributed by atoms with E-state index in [4.69, 9.17) is 10.1 Å². The molecule has 0 aliphatic heterocycles. The number of hydrogen-bond donors (Lipinski definition) is 2. The third kappa shape index (κ3) is 7.22. The number of carboxylic acid groups (broad SMARTS) is 1. The summed E-state index contributed by atoms with van der Waals surface area (Å²) in [6.07, 6.45) is 2.40. The van der Waals surface area contributed by atoms with E-state index in [1.165, 1.54) is 0 Å². The van der Waals surface area contributed by atoms with Gasteiger partial charge >= 0.3 is 5.97 Å². The van der Waals surface area contributed by atoms with E-state index in [0.29, 0.717) is 36.5 Å². The largest absolute Gasteiger partial charge is 0.491 e. The van der Waals surface area contributed by atoms with Gasteiger partial charge in [0.15, 0.2) is 0 Å². The first-order valence-electron chi connectivity index (χ1n) is 11.2. The molecule has 6 nitrogen and oxygen atoms in total. The summed E-state index contributed by atoms with van der Waals surface area (Å²) in [5.41, 5.74) is 3.75. The molecular weight excluding hydrogens is 404 g/mol. The third-order valence-electron chi connectivity index (χ3n) is 5.15. The van der Waals surface area contributed by atoms with Gasteiger partial charge in [-0.3, -0.25) is 15.0 Å². The van der Waals surface area contributed by atoms with Crippen LogP contribution < -0.4 is 4.74 Å². The van der Waals surface area contributed by atoms with E-state index in [-0.39, 0.29) is 18.4 Å². The number of nitrogens with one attached hydrogen (secondary N) is 1. The summed E-state index contributed by atoms with van der Waals surface area (Å²) in [5, 5.41) is 17.5. The second kappa shape index (κ2) is 12.0. The van der Waals surface area contributed by atoms with Crippen molar-refractivity contribution in [2.24, 2.45) is 0 Å². The molecular formula is C26H34N2O4. The van der Waals surface area contributed by atoms with Gasteiger partial charge in [-0.25, -0.2) is 0 Å². The lowest BCUT2D eigenvalue weighted by Gasteiger charge is -2.21. The number of amides is 1. The number of hydrogen-bond acceptors (Lipinski definition) is 4. The van der Waals surface area contributed by atoms with Gasteiger partial charge in [-0.1, -0.05) is 37.3 Å². The average molecular weight is 439 g/mol. The maximum absolute atomic E-state index is 11.9. The van der Waals surface area contributed by atoms with Crippen molar-refractivity contribution in [1.29, 1.82) is 5.41 Å². The van der Waals surface area contributed by atoms with Crippen LogP contribution in [0.2, 0.25) is 0 Å². The highest BCUT2D eigenvalue weighted by Gasteiger charge is 2.15. The maximum Gasteiger partial charge on any atom is 0.307 e. The van der Waals surface area contributed by atoms with Crippen LogP contribution in [0.4, 0.5) is 0 Å². The SMILES string of the molecule is CCC(=O)N(CC)C(=N)CCCc1cccc(-c2ccc(OC(C)C)c(CC(=O)O)c2)c1. The molecule has 2 aromatic rings. The quantitative estimate of drug-likeness (QED) is 0.367. The van der Waals surface area contributed by atoms with Gasteiger partial charge in [-0.05, 0) is 62.4 Å². The number of nitrogens with zero attached hydrogens (tertiary/aromatic N) is 1. The number of amidine groups is 1. The van der Waals surface area contributed by atoms with Crippen LogP contribution in [0.15, 0.2) is 42.5 Å². The third-order valence-corrected chi connectivity index (χ3v) is 5.15. The fourth-order valence-electron chi connectivity index (χ4n) is 3.64. The van der Waals surface area contributed by atoms with Gasteiger partial charge in [0.05, 0.1) is 12.5 Å². The van der Waals surface area contributed by atoms with Crippen LogP contribution in [0, 0.1) is 5.41 Å². The van der Waals surface area contributed by atoms with Crippen LogP contribution in [-0.4, -0.2) is 40.4 Å². The second-order valence-corrected chi connectivity index (χ2v) is 8.05. The van der Waals surface area contributed by atoms with Gasteiger partial charge in [0.25, 0.3) is 0 Å². The molecule has 2 rings (SSSR count). The number of carbonyl (C=O) groups is 2. The van der Waals surface area contributed by atoms with Gasteiger partial charge in [0.2, 0.25) is 5.91 Å². The zero-order valence-corrected chi connectivity index (χ0v) is 19.5. The zero-order chi connectivity index (χ0) is 23.7. The van der Waals surface area contributed by atoms with Crippen LogP contribution in [-0.2, 0) is 22.4 Å². The van der Waals surface area contributed by atoms with Gasteiger partial charge in [0, 0.05) is 24.9 Å².